The minimum absolute atomic E-state index is 0.106. The molecule has 1 aliphatic rings. The molecule has 144 valence electrons. The molecule has 2 aromatic rings. The van der Waals surface area contributed by atoms with Crippen molar-refractivity contribution in [1.82, 2.24) is 0 Å². The van der Waals surface area contributed by atoms with Gasteiger partial charge in [0, 0.05) is 32.5 Å². The second-order valence-corrected chi connectivity index (χ2v) is 8.94. The lowest BCUT2D eigenvalue weighted by atomic mass is 10.1. The van der Waals surface area contributed by atoms with Gasteiger partial charge < -0.3 is 8.60 Å². The van der Waals surface area contributed by atoms with Gasteiger partial charge in [-0.2, -0.15) is 0 Å². The molecule has 0 saturated carbocycles. The van der Waals surface area contributed by atoms with Gasteiger partial charge in [0.15, 0.2) is 10.5 Å². The second-order valence-electron chi connectivity index (χ2n) is 6.55. The summed E-state index contributed by atoms with van der Waals surface area (Å²) < 4.78 is 11.3. The fourth-order valence-corrected chi connectivity index (χ4v) is 4.70. The molecule has 27 heavy (non-hydrogen) atoms. The van der Waals surface area contributed by atoms with Crippen molar-refractivity contribution in [3.8, 4) is 0 Å². The highest BCUT2D eigenvalue weighted by Crippen LogP contribution is 2.23. The maximum absolute atomic E-state index is 12.5. The molecule has 0 radical (unpaired) electrons. The Kier molecular flexibility index (Phi) is 8.36. The lowest BCUT2D eigenvalue weighted by Crippen LogP contribution is -2.41. The second kappa shape index (κ2) is 10.7. The van der Waals surface area contributed by atoms with Crippen LogP contribution in [0.2, 0.25) is 0 Å². The monoisotopic (exact) mass is 514 g/mol. The van der Waals surface area contributed by atoms with Gasteiger partial charge in [0.25, 0.3) is 0 Å². The van der Waals surface area contributed by atoms with Crippen LogP contribution >= 0.6 is 42.2 Å². The molecule has 0 unspecified atom stereocenters. The number of fused-ring (bicyclic) bond motifs is 1. The molecule has 0 aliphatic heterocycles. The zero-order valence-corrected chi connectivity index (χ0v) is 19.1. The lowest BCUT2D eigenvalue weighted by Gasteiger charge is -2.08. The Labute approximate surface area is 180 Å². The van der Waals surface area contributed by atoms with Crippen molar-refractivity contribution < 1.29 is 8.60 Å². The largest absolute Gasteiger partial charge is 0.450 e. The van der Waals surface area contributed by atoms with Gasteiger partial charge in [0.2, 0.25) is 0 Å². The number of hydrogen-bond acceptors (Lipinski definition) is 5. The Hall–Kier alpha value is -0.700. The molecule has 6 heteroatoms. The zero-order valence-electron chi connectivity index (χ0n) is 15.3. The average molecular weight is 514 g/mol. The highest BCUT2D eigenvalue weighted by atomic mass is 127. The summed E-state index contributed by atoms with van der Waals surface area (Å²) in [6.07, 6.45) is 9.17. The summed E-state index contributed by atoms with van der Waals surface area (Å²) in [5, 5.41) is 1.47. The van der Waals surface area contributed by atoms with Crippen LogP contribution in [-0.4, -0.2) is 6.61 Å². The normalized spacial score (nSPS) is 13.0. The standard InChI is InChI=1S/C21H23IO3S2/c1-15-20(23)18-7-2-3-8-19(18)25-21(15)26-14-17-11-9-16(10-12-17)6-4-5-13-24-27-22/h7-12H,2-6,13-14H2,1H3. The van der Waals surface area contributed by atoms with Crippen LogP contribution in [0.15, 0.2) is 38.6 Å². The number of rotatable bonds is 9. The van der Waals surface area contributed by atoms with Crippen LogP contribution in [0.5, 0.6) is 0 Å². The van der Waals surface area contributed by atoms with Crippen LogP contribution in [0.3, 0.4) is 0 Å². The van der Waals surface area contributed by atoms with Crippen molar-refractivity contribution in [3.63, 3.8) is 0 Å². The topological polar surface area (TPSA) is 39.4 Å². The third-order valence-electron chi connectivity index (χ3n) is 4.58. The summed E-state index contributed by atoms with van der Waals surface area (Å²) in [5.74, 6) is 0.799. The lowest BCUT2D eigenvalue weighted by molar-refractivity contribution is 0.365. The molecule has 0 fully saturated rings. The maximum atomic E-state index is 12.5. The first-order valence-electron chi connectivity index (χ1n) is 9.14. The van der Waals surface area contributed by atoms with Crippen LogP contribution in [0.4, 0.5) is 0 Å². The predicted molar refractivity (Wildman–Crippen MR) is 124 cm³/mol. The van der Waals surface area contributed by atoms with E-state index < -0.39 is 0 Å². The Balaban J connectivity index is 1.59. The predicted octanol–water partition coefficient (Wildman–Crippen LogP) is 4.93. The van der Waals surface area contributed by atoms with Crippen LogP contribution in [0, 0.1) is 6.92 Å². The quantitative estimate of drug-likeness (QED) is 0.205. The van der Waals surface area contributed by atoms with E-state index in [4.69, 9.17) is 8.60 Å². The fourth-order valence-electron chi connectivity index (χ4n) is 3.04. The van der Waals surface area contributed by atoms with Crippen molar-refractivity contribution >= 4 is 54.3 Å². The number of benzene rings is 1. The fraction of sp³-hybridized carbons (Fsp3) is 0.381. The molecule has 1 aromatic carbocycles. The first kappa shape index (κ1) is 21.0. The third-order valence-corrected chi connectivity index (χ3v) is 6.73. The molecular formula is C21H23IO3S2. The zero-order chi connectivity index (χ0) is 19.1. The number of thioether (sulfide) groups is 1. The van der Waals surface area contributed by atoms with Crippen molar-refractivity contribution in [2.45, 2.75) is 49.9 Å². The smallest absolute Gasteiger partial charge is 0.196 e. The van der Waals surface area contributed by atoms with Crippen molar-refractivity contribution in [3.05, 3.63) is 61.8 Å². The van der Waals surface area contributed by atoms with E-state index >= 15 is 0 Å². The molecule has 0 N–H and O–H groups in total. The maximum Gasteiger partial charge on any atom is 0.196 e. The molecule has 1 heterocycles. The number of aryl methyl sites for hydroxylation is 1. The molecular weight excluding hydrogens is 491 g/mol. The van der Waals surface area contributed by atoms with E-state index in [1.165, 1.54) is 20.3 Å². The minimum Gasteiger partial charge on any atom is -0.450 e. The van der Waals surface area contributed by atoms with Gasteiger partial charge in [0.1, 0.15) is 5.42 Å². The van der Waals surface area contributed by atoms with Crippen LogP contribution in [-0.2, 0) is 16.4 Å². The van der Waals surface area contributed by atoms with E-state index in [0.717, 1.165) is 60.2 Å². The number of halogens is 1. The minimum atomic E-state index is 0.106. The molecule has 3 nitrogen and oxygen atoms in total. The number of unbranched alkanes of at least 4 members (excludes halogenated alkanes) is 1. The van der Waals surface area contributed by atoms with E-state index in [9.17, 15) is 4.79 Å². The summed E-state index contributed by atoms with van der Waals surface area (Å²) in [6.45, 7) is 2.67. The Morgan fingerprint density at radius 2 is 1.85 bits per heavy atom. The molecule has 0 saturated heterocycles. The summed E-state index contributed by atoms with van der Waals surface area (Å²) >= 11 is 3.75. The van der Waals surface area contributed by atoms with E-state index in [2.05, 4.69) is 45.5 Å². The first-order chi connectivity index (χ1) is 13.2. The van der Waals surface area contributed by atoms with Gasteiger partial charge in [-0.1, -0.05) is 42.1 Å². The van der Waals surface area contributed by atoms with Crippen LogP contribution in [0.1, 0.15) is 42.4 Å². The van der Waals surface area contributed by atoms with Gasteiger partial charge in [-0.3, -0.25) is 4.79 Å². The molecule has 0 spiro atoms. The van der Waals surface area contributed by atoms with Crippen molar-refractivity contribution in [2.75, 3.05) is 6.61 Å². The highest BCUT2D eigenvalue weighted by Gasteiger charge is 2.10. The van der Waals surface area contributed by atoms with E-state index in [1.807, 2.05) is 19.1 Å². The van der Waals surface area contributed by atoms with Gasteiger partial charge >= 0.3 is 0 Å². The van der Waals surface area contributed by atoms with Crippen LogP contribution in [0.25, 0.3) is 12.2 Å². The van der Waals surface area contributed by atoms with E-state index in [1.54, 1.807) is 11.8 Å². The Morgan fingerprint density at radius 3 is 2.63 bits per heavy atom. The summed E-state index contributed by atoms with van der Waals surface area (Å²) in [6, 6.07) is 8.74. The van der Waals surface area contributed by atoms with Gasteiger partial charge in [-0.25, -0.2) is 0 Å². The SMILES string of the molecule is Cc1c(SCc2ccc(CCCCOSI)cc2)oc2c(c1=O)=CCCC=2. The van der Waals surface area contributed by atoms with E-state index in [0.29, 0.717) is 5.56 Å². The van der Waals surface area contributed by atoms with E-state index in [-0.39, 0.29) is 5.43 Å². The molecule has 0 atom stereocenters. The molecule has 0 amide bonds. The highest BCUT2D eigenvalue weighted by molar-refractivity contribution is 14.2. The summed E-state index contributed by atoms with van der Waals surface area (Å²) in [7, 11) is 1.40. The number of hydrogen-bond donors (Lipinski definition) is 0. The van der Waals surface area contributed by atoms with Gasteiger partial charge in [-0.15, -0.1) is 0 Å². The Morgan fingerprint density at radius 1 is 1.11 bits per heavy atom. The van der Waals surface area contributed by atoms with Gasteiger partial charge in [-0.05, 0) is 56.2 Å². The van der Waals surface area contributed by atoms with Gasteiger partial charge in [0.05, 0.1) is 21.0 Å². The first-order valence-corrected chi connectivity index (χ1v) is 13.4. The molecule has 0 bridgehead atoms. The molecule has 1 aliphatic carbocycles. The van der Waals surface area contributed by atoms with Crippen molar-refractivity contribution in [1.29, 1.82) is 0 Å². The molecule has 1 aromatic heterocycles. The molecule has 3 rings (SSSR count). The average Bonchev–Trinajstić information content (AvgIpc) is 2.70. The van der Waals surface area contributed by atoms with Crippen molar-refractivity contribution in [2.24, 2.45) is 0 Å². The van der Waals surface area contributed by atoms with Crippen LogP contribution < -0.4 is 16.1 Å². The third kappa shape index (κ3) is 5.89. The summed E-state index contributed by atoms with van der Waals surface area (Å²) in [4.78, 5) is 12.5. The summed E-state index contributed by atoms with van der Waals surface area (Å²) in [5.41, 5.74) is 4.15. The Bertz CT molecular complexity index is 936.